The molecule has 3 nitrogen and oxygen atoms in total. The monoisotopic (exact) mass is 259 g/mol. The third kappa shape index (κ3) is 2.63. The number of hydrogen-bond donors (Lipinski definition) is 1. The Labute approximate surface area is 116 Å². The molecular weight excluding hydrogens is 234 g/mol. The molecule has 104 valence electrons. The molecule has 0 amide bonds. The number of rotatable bonds is 3. The van der Waals surface area contributed by atoms with E-state index in [1.165, 1.54) is 30.9 Å². The second kappa shape index (κ2) is 5.51. The van der Waals surface area contributed by atoms with Gasteiger partial charge in [-0.15, -0.1) is 0 Å². The van der Waals surface area contributed by atoms with Gasteiger partial charge < -0.3 is 10.2 Å². The van der Waals surface area contributed by atoms with Gasteiger partial charge in [-0.3, -0.25) is 4.90 Å². The first kappa shape index (κ1) is 12.9. The normalized spacial score (nSPS) is 23.7. The van der Waals surface area contributed by atoms with E-state index in [4.69, 9.17) is 0 Å². The van der Waals surface area contributed by atoms with Crippen molar-refractivity contribution in [2.45, 2.75) is 26.3 Å². The average Bonchev–Trinajstić information content (AvgIpc) is 2.76. The summed E-state index contributed by atoms with van der Waals surface area (Å²) in [5.41, 5.74) is 4.49. The summed E-state index contributed by atoms with van der Waals surface area (Å²) in [4.78, 5) is 5.05. The largest absolute Gasteiger partial charge is 0.371 e. The first-order chi connectivity index (χ1) is 9.28. The van der Waals surface area contributed by atoms with Crippen molar-refractivity contribution in [1.29, 1.82) is 0 Å². The van der Waals surface area contributed by atoms with Gasteiger partial charge in [-0.1, -0.05) is 19.1 Å². The summed E-state index contributed by atoms with van der Waals surface area (Å²) >= 11 is 0. The van der Waals surface area contributed by atoms with E-state index >= 15 is 0 Å². The van der Waals surface area contributed by atoms with E-state index < -0.39 is 0 Å². The zero-order valence-electron chi connectivity index (χ0n) is 12.2. The van der Waals surface area contributed by atoms with Crippen molar-refractivity contribution in [3.8, 4) is 0 Å². The van der Waals surface area contributed by atoms with Crippen LogP contribution in [0.2, 0.25) is 0 Å². The highest BCUT2D eigenvalue weighted by atomic mass is 15.2. The molecule has 0 radical (unpaired) electrons. The second-order valence-electron chi connectivity index (χ2n) is 5.86. The zero-order valence-corrected chi connectivity index (χ0v) is 12.2. The zero-order chi connectivity index (χ0) is 13.2. The summed E-state index contributed by atoms with van der Waals surface area (Å²) in [7, 11) is 0. The van der Waals surface area contributed by atoms with E-state index in [-0.39, 0.29) is 0 Å². The minimum atomic E-state index is 0.679. The molecule has 0 aromatic heterocycles. The minimum Gasteiger partial charge on any atom is -0.371 e. The van der Waals surface area contributed by atoms with Crippen molar-refractivity contribution in [3.05, 3.63) is 29.3 Å². The van der Waals surface area contributed by atoms with Gasteiger partial charge in [-0.05, 0) is 24.1 Å². The SMILES string of the molecule is CCN1CC(C)c2cc(CN3CCNCC3)ccc21. The number of likely N-dealkylation sites (N-methyl/N-ethyl adjacent to an activating group) is 1. The van der Waals surface area contributed by atoms with E-state index in [0.29, 0.717) is 5.92 Å². The lowest BCUT2D eigenvalue weighted by Crippen LogP contribution is -2.42. The molecule has 0 saturated carbocycles. The Morgan fingerprint density at radius 1 is 1.26 bits per heavy atom. The Morgan fingerprint density at radius 3 is 2.79 bits per heavy atom. The van der Waals surface area contributed by atoms with Gasteiger partial charge in [0.25, 0.3) is 0 Å². The van der Waals surface area contributed by atoms with Crippen LogP contribution in [0.25, 0.3) is 0 Å². The van der Waals surface area contributed by atoms with Crippen molar-refractivity contribution in [3.63, 3.8) is 0 Å². The fourth-order valence-corrected chi connectivity index (χ4v) is 3.34. The molecule has 1 unspecified atom stereocenters. The Balaban J connectivity index is 1.76. The van der Waals surface area contributed by atoms with Gasteiger partial charge in [0, 0.05) is 57.4 Å². The lowest BCUT2D eigenvalue weighted by molar-refractivity contribution is 0.233. The number of nitrogens with one attached hydrogen (secondary N) is 1. The standard InChI is InChI=1S/C16H25N3/c1-3-19-11-13(2)15-10-14(4-5-16(15)19)12-18-8-6-17-7-9-18/h4-5,10,13,17H,3,6-9,11-12H2,1-2H3. The Kier molecular flexibility index (Phi) is 3.76. The summed E-state index contributed by atoms with van der Waals surface area (Å²) in [5, 5.41) is 3.41. The smallest absolute Gasteiger partial charge is 0.0402 e. The molecule has 0 bridgehead atoms. The van der Waals surface area contributed by atoms with Crippen molar-refractivity contribution in [2.24, 2.45) is 0 Å². The van der Waals surface area contributed by atoms with Crippen molar-refractivity contribution < 1.29 is 0 Å². The highest BCUT2D eigenvalue weighted by Crippen LogP contribution is 2.36. The molecule has 1 atom stereocenters. The predicted molar refractivity (Wildman–Crippen MR) is 80.9 cm³/mol. The number of hydrogen-bond acceptors (Lipinski definition) is 3. The number of anilines is 1. The van der Waals surface area contributed by atoms with Gasteiger partial charge >= 0.3 is 0 Å². The topological polar surface area (TPSA) is 18.5 Å². The summed E-state index contributed by atoms with van der Waals surface area (Å²) in [5.74, 6) is 0.679. The Hall–Kier alpha value is -1.06. The third-order valence-corrected chi connectivity index (χ3v) is 4.46. The molecule has 1 aromatic carbocycles. The van der Waals surface area contributed by atoms with Crippen molar-refractivity contribution in [1.82, 2.24) is 10.2 Å². The minimum absolute atomic E-state index is 0.679. The van der Waals surface area contributed by atoms with Gasteiger partial charge in [0.05, 0.1) is 0 Å². The quantitative estimate of drug-likeness (QED) is 0.896. The summed E-state index contributed by atoms with van der Waals surface area (Å²) in [6.45, 7) is 12.6. The molecule has 19 heavy (non-hydrogen) atoms. The maximum atomic E-state index is 3.41. The molecule has 0 spiro atoms. The first-order valence-electron chi connectivity index (χ1n) is 7.58. The fraction of sp³-hybridized carbons (Fsp3) is 0.625. The maximum Gasteiger partial charge on any atom is 0.0402 e. The molecule has 2 heterocycles. The Bertz CT molecular complexity index is 438. The second-order valence-corrected chi connectivity index (χ2v) is 5.86. The van der Waals surface area contributed by atoms with E-state index in [0.717, 1.165) is 26.2 Å². The van der Waals surface area contributed by atoms with Gasteiger partial charge in [0.15, 0.2) is 0 Å². The van der Waals surface area contributed by atoms with Crippen molar-refractivity contribution >= 4 is 5.69 Å². The van der Waals surface area contributed by atoms with Crippen LogP contribution in [0.3, 0.4) is 0 Å². The highest BCUT2D eigenvalue weighted by molar-refractivity contribution is 5.61. The molecule has 1 aromatic rings. The van der Waals surface area contributed by atoms with Crippen LogP contribution in [0.4, 0.5) is 5.69 Å². The Morgan fingerprint density at radius 2 is 2.05 bits per heavy atom. The summed E-state index contributed by atoms with van der Waals surface area (Å²) < 4.78 is 0. The number of piperazine rings is 1. The van der Waals surface area contributed by atoms with Crippen LogP contribution in [0.5, 0.6) is 0 Å². The van der Waals surface area contributed by atoms with Crippen LogP contribution in [-0.4, -0.2) is 44.2 Å². The van der Waals surface area contributed by atoms with Crippen LogP contribution >= 0.6 is 0 Å². The van der Waals surface area contributed by atoms with Crippen LogP contribution in [-0.2, 0) is 6.54 Å². The van der Waals surface area contributed by atoms with E-state index in [2.05, 4.69) is 47.2 Å². The highest BCUT2D eigenvalue weighted by Gasteiger charge is 2.24. The van der Waals surface area contributed by atoms with Gasteiger partial charge in [0.1, 0.15) is 0 Å². The van der Waals surface area contributed by atoms with E-state index in [9.17, 15) is 0 Å². The summed E-state index contributed by atoms with van der Waals surface area (Å²) in [6.07, 6.45) is 0. The van der Waals surface area contributed by atoms with Crippen LogP contribution < -0.4 is 10.2 Å². The molecule has 1 fully saturated rings. The molecule has 0 aliphatic carbocycles. The molecule has 2 aliphatic heterocycles. The molecule has 3 heteroatoms. The number of fused-ring (bicyclic) bond motifs is 1. The lowest BCUT2D eigenvalue weighted by atomic mass is 10.0. The molecule has 2 aliphatic rings. The van der Waals surface area contributed by atoms with Crippen LogP contribution in [0.1, 0.15) is 30.9 Å². The fourth-order valence-electron chi connectivity index (χ4n) is 3.34. The van der Waals surface area contributed by atoms with Gasteiger partial charge in [-0.25, -0.2) is 0 Å². The van der Waals surface area contributed by atoms with E-state index in [1.807, 2.05) is 0 Å². The molecule has 3 rings (SSSR count). The number of nitrogens with zero attached hydrogens (tertiary/aromatic N) is 2. The van der Waals surface area contributed by atoms with Crippen LogP contribution in [0, 0.1) is 0 Å². The maximum absolute atomic E-state index is 3.41. The van der Waals surface area contributed by atoms with Gasteiger partial charge in [-0.2, -0.15) is 0 Å². The van der Waals surface area contributed by atoms with E-state index in [1.54, 1.807) is 5.56 Å². The van der Waals surface area contributed by atoms with Crippen LogP contribution in [0.15, 0.2) is 18.2 Å². The molecule has 1 saturated heterocycles. The molecular formula is C16H25N3. The first-order valence-corrected chi connectivity index (χ1v) is 7.58. The summed E-state index contributed by atoms with van der Waals surface area (Å²) in [6, 6.07) is 7.10. The van der Waals surface area contributed by atoms with Crippen molar-refractivity contribution in [2.75, 3.05) is 44.2 Å². The predicted octanol–water partition coefficient (Wildman–Crippen LogP) is 2.04. The van der Waals surface area contributed by atoms with Gasteiger partial charge in [0.2, 0.25) is 0 Å². The number of benzene rings is 1. The third-order valence-electron chi connectivity index (χ3n) is 4.46. The molecule has 1 N–H and O–H groups in total. The lowest BCUT2D eigenvalue weighted by Gasteiger charge is -2.27. The average molecular weight is 259 g/mol.